The molecule has 0 aliphatic carbocycles. The van der Waals surface area contributed by atoms with Crippen molar-refractivity contribution in [2.75, 3.05) is 13.7 Å². The summed E-state index contributed by atoms with van der Waals surface area (Å²) in [6.45, 7) is 0.876. The van der Waals surface area contributed by atoms with E-state index in [1.54, 1.807) is 7.11 Å². The monoisotopic (exact) mass is 464 g/mol. The van der Waals surface area contributed by atoms with Crippen LogP contribution in [0.3, 0.4) is 0 Å². The molecule has 1 fully saturated rings. The molecule has 0 amide bonds. The Morgan fingerprint density at radius 1 is 0.618 bits per heavy atom. The Hall–Kier alpha value is -2.58. The number of methoxy groups -OCH3 is 1. The van der Waals surface area contributed by atoms with Crippen LogP contribution < -0.4 is 0 Å². The third-order valence-corrected chi connectivity index (χ3v) is 5.86. The van der Waals surface area contributed by atoms with Crippen LogP contribution in [0, 0.1) is 0 Å². The molecule has 1 aliphatic heterocycles. The molecule has 6 heteroatoms. The van der Waals surface area contributed by atoms with E-state index >= 15 is 0 Å². The average molecular weight is 465 g/mol. The Bertz CT molecular complexity index is 895. The van der Waals surface area contributed by atoms with Gasteiger partial charge >= 0.3 is 0 Å². The Kier molecular flexibility index (Phi) is 9.21. The Morgan fingerprint density at radius 3 is 1.44 bits per heavy atom. The van der Waals surface area contributed by atoms with Crippen LogP contribution in [0.25, 0.3) is 0 Å². The van der Waals surface area contributed by atoms with Crippen molar-refractivity contribution in [2.24, 2.45) is 0 Å². The van der Waals surface area contributed by atoms with Crippen LogP contribution in [0.1, 0.15) is 16.7 Å². The highest BCUT2D eigenvalue weighted by atomic mass is 16.7. The van der Waals surface area contributed by atoms with Crippen LogP contribution >= 0.6 is 0 Å². The Labute approximate surface area is 201 Å². The molecule has 0 saturated carbocycles. The zero-order valence-corrected chi connectivity index (χ0v) is 19.4. The van der Waals surface area contributed by atoms with Gasteiger partial charge in [-0.2, -0.15) is 0 Å². The van der Waals surface area contributed by atoms with Gasteiger partial charge in [0.1, 0.15) is 24.4 Å². The molecule has 3 aromatic rings. The lowest BCUT2D eigenvalue weighted by Crippen LogP contribution is -2.61. The summed E-state index contributed by atoms with van der Waals surface area (Å²) in [7, 11) is 1.57. The molecule has 0 spiro atoms. The Balaban J connectivity index is 1.56. The Morgan fingerprint density at radius 2 is 1.03 bits per heavy atom. The van der Waals surface area contributed by atoms with E-state index in [2.05, 4.69) is 0 Å². The standard InChI is InChI=1S/C28H32O6/c1-30-28-27(33-20-23-15-9-4-10-16-23)26(32-19-22-13-7-3-8-14-22)25(24(17-29)34-28)31-18-21-11-5-2-6-12-21/h2-16,24-29H,17-20H2,1H3/t24-,25-,26+,27+,28-/m1/s1. The van der Waals surface area contributed by atoms with Crippen molar-refractivity contribution < 1.29 is 28.8 Å². The first-order valence-electron chi connectivity index (χ1n) is 11.5. The minimum Gasteiger partial charge on any atom is -0.394 e. The summed E-state index contributed by atoms with van der Waals surface area (Å²) >= 11 is 0. The highest BCUT2D eigenvalue weighted by Gasteiger charge is 2.48. The van der Waals surface area contributed by atoms with Crippen molar-refractivity contribution in [3.8, 4) is 0 Å². The summed E-state index contributed by atoms with van der Waals surface area (Å²) in [4.78, 5) is 0. The van der Waals surface area contributed by atoms with E-state index < -0.39 is 30.7 Å². The second-order valence-electron chi connectivity index (χ2n) is 8.24. The fraction of sp³-hybridized carbons (Fsp3) is 0.357. The fourth-order valence-electron chi connectivity index (χ4n) is 4.08. The summed E-state index contributed by atoms with van der Waals surface area (Å²) in [5.41, 5.74) is 3.09. The lowest BCUT2D eigenvalue weighted by atomic mass is 9.98. The van der Waals surface area contributed by atoms with Gasteiger partial charge in [-0.25, -0.2) is 0 Å². The molecule has 34 heavy (non-hydrogen) atoms. The summed E-state index contributed by atoms with van der Waals surface area (Å²) in [6.07, 6.45) is -2.97. The first kappa shape index (κ1) is 24.5. The second-order valence-corrected chi connectivity index (χ2v) is 8.24. The van der Waals surface area contributed by atoms with Gasteiger partial charge in [-0.15, -0.1) is 0 Å². The van der Waals surface area contributed by atoms with E-state index in [1.807, 2.05) is 91.0 Å². The van der Waals surface area contributed by atoms with E-state index in [0.717, 1.165) is 16.7 Å². The zero-order chi connectivity index (χ0) is 23.6. The highest BCUT2D eigenvalue weighted by Crippen LogP contribution is 2.30. The first-order valence-corrected chi connectivity index (χ1v) is 11.5. The van der Waals surface area contributed by atoms with Crippen LogP contribution in [0.2, 0.25) is 0 Å². The number of hydrogen-bond acceptors (Lipinski definition) is 6. The van der Waals surface area contributed by atoms with Gasteiger partial charge in [-0.3, -0.25) is 0 Å². The van der Waals surface area contributed by atoms with Gasteiger partial charge < -0.3 is 28.8 Å². The molecule has 1 saturated heterocycles. The first-order chi connectivity index (χ1) is 16.8. The van der Waals surface area contributed by atoms with Gasteiger partial charge in [0.05, 0.1) is 26.4 Å². The number of ether oxygens (including phenoxy) is 5. The molecular formula is C28H32O6. The maximum atomic E-state index is 10.1. The number of benzene rings is 3. The summed E-state index contributed by atoms with van der Waals surface area (Å²) in [6, 6.07) is 29.8. The van der Waals surface area contributed by atoms with Crippen LogP contribution in [0.15, 0.2) is 91.0 Å². The zero-order valence-electron chi connectivity index (χ0n) is 19.4. The van der Waals surface area contributed by atoms with E-state index in [1.165, 1.54) is 0 Å². The van der Waals surface area contributed by atoms with Gasteiger partial charge in [0.15, 0.2) is 6.29 Å². The molecule has 0 unspecified atom stereocenters. The van der Waals surface area contributed by atoms with Gasteiger partial charge in [0, 0.05) is 7.11 Å². The molecule has 0 radical (unpaired) electrons. The van der Waals surface area contributed by atoms with Crippen LogP contribution in [-0.4, -0.2) is 49.5 Å². The van der Waals surface area contributed by atoms with Crippen molar-refractivity contribution in [1.29, 1.82) is 0 Å². The SMILES string of the molecule is CO[C@@H]1O[C@H](CO)[C@@H](OCc2ccccc2)[C@H](OCc2ccccc2)[C@@H]1OCc1ccccc1. The van der Waals surface area contributed by atoms with E-state index in [0.29, 0.717) is 19.8 Å². The maximum absolute atomic E-state index is 10.1. The molecule has 0 aromatic heterocycles. The minimum atomic E-state index is -0.710. The molecule has 0 bridgehead atoms. The predicted octanol–water partition coefficient (Wildman–Crippen LogP) is 4.11. The van der Waals surface area contributed by atoms with E-state index in [4.69, 9.17) is 23.7 Å². The lowest BCUT2D eigenvalue weighted by molar-refractivity contribution is -0.321. The van der Waals surface area contributed by atoms with Crippen molar-refractivity contribution in [3.05, 3.63) is 108 Å². The average Bonchev–Trinajstić information content (AvgIpc) is 2.91. The third kappa shape index (κ3) is 6.51. The van der Waals surface area contributed by atoms with Crippen LogP contribution in [0.4, 0.5) is 0 Å². The molecule has 1 heterocycles. The van der Waals surface area contributed by atoms with Gasteiger partial charge in [-0.05, 0) is 16.7 Å². The molecular weight excluding hydrogens is 432 g/mol. The molecule has 5 atom stereocenters. The van der Waals surface area contributed by atoms with Crippen molar-refractivity contribution in [1.82, 2.24) is 0 Å². The predicted molar refractivity (Wildman–Crippen MR) is 128 cm³/mol. The van der Waals surface area contributed by atoms with E-state index in [-0.39, 0.29) is 6.61 Å². The van der Waals surface area contributed by atoms with Crippen molar-refractivity contribution in [2.45, 2.75) is 50.5 Å². The van der Waals surface area contributed by atoms with Gasteiger partial charge in [-0.1, -0.05) is 91.0 Å². The van der Waals surface area contributed by atoms with Gasteiger partial charge in [0.25, 0.3) is 0 Å². The normalized spacial score (nSPS) is 24.7. The summed E-state index contributed by atoms with van der Waals surface area (Å²) < 4.78 is 30.7. The topological polar surface area (TPSA) is 66.4 Å². The number of aliphatic hydroxyl groups excluding tert-OH is 1. The highest BCUT2D eigenvalue weighted by molar-refractivity contribution is 5.15. The summed E-state index contributed by atoms with van der Waals surface area (Å²) in [5.74, 6) is 0. The van der Waals surface area contributed by atoms with Crippen molar-refractivity contribution in [3.63, 3.8) is 0 Å². The molecule has 1 N–H and O–H groups in total. The molecule has 6 nitrogen and oxygen atoms in total. The van der Waals surface area contributed by atoms with Crippen LogP contribution in [0.5, 0.6) is 0 Å². The minimum absolute atomic E-state index is 0.226. The molecule has 3 aromatic carbocycles. The summed E-state index contributed by atoms with van der Waals surface area (Å²) in [5, 5.41) is 10.1. The molecule has 180 valence electrons. The number of rotatable bonds is 11. The number of hydrogen-bond donors (Lipinski definition) is 1. The lowest BCUT2D eigenvalue weighted by Gasteiger charge is -2.45. The largest absolute Gasteiger partial charge is 0.394 e. The number of aliphatic hydroxyl groups is 1. The molecule has 4 rings (SSSR count). The molecule has 1 aliphatic rings. The smallest absolute Gasteiger partial charge is 0.186 e. The van der Waals surface area contributed by atoms with Crippen LogP contribution in [-0.2, 0) is 43.5 Å². The van der Waals surface area contributed by atoms with Crippen molar-refractivity contribution >= 4 is 0 Å². The van der Waals surface area contributed by atoms with Gasteiger partial charge in [0.2, 0.25) is 0 Å². The maximum Gasteiger partial charge on any atom is 0.186 e. The third-order valence-electron chi connectivity index (χ3n) is 5.86. The quantitative estimate of drug-likeness (QED) is 0.461. The van der Waals surface area contributed by atoms with E-state index in [9.17, 15) is 5.11 Å². The second kappa shape index (κ2) is 12.8. The fourth-order valence-corrected chi connectivity index (χ4v) is 4.08.